The zero-order chi connectivity index (χ0) is 13.3. The first-order chi connectivity index (χ1) is 8.54. The van der Waals surface area contributed by atoms with Gasteiger partial charge in [0, 0.05) is 26.1 Å². The molecule has 1 unspecified atom stereocenters. The fourth-order valence-corrected chi connectivity index (χ4v) is 2.76. The summed E-state index contributed by atoms with van der Waals surface area (Å²) in [5.41, 5.74) is 0. The molecule has 2 fully saturated rings. The van der Waals surface area contributed by atoms with Crippen molar-refractivity contribution in [1.29, 1.82) is 0 Å². The third-order valence-corrected chi connectivity index (χ3v) is 3.77. The van der Waals surface area contributed by atoms with Crippen LogP contribution in [-0.4, -0.2) is 58.4 Å². The van der Waals surface area contributed by atoms with Crippen LogP contribution in [0.2, 0.25) is 0 Å². The Morgan fingerprint density at radius 2 is 2.17 bits per heavy atom. The third-order valence-electron chi connectivity index (χ3n) is 3.77. The van der Waals surface area contributed by atoms with Gasteiger partial charge in [0.1, 0.15) is 6.04 Å². The van der Waals surface area contributed by atoms with Crippen LogP contribution < -0.4 is 0 Å². The van der Waals surface area contributed by atoms with E-state index in [1.54, 1.807) is 4.90 Å². The van der Waals surface area contributed by atoms with Gasteiger partial charge in [0.25, 0.3) is 0 Å². The first-order valence-electron chi connectivity index (χ1n) is 6.35. The number of carbonyl (C=O) groups is 3. The topological polar surface area (TPSA) is 77.9 Å². The summed E-state index contributed by atoms with van der Waals surface area (Å²) in [6.45, 7) is 3.40. The van der Waals surface area contributed by atoms with Crippen LogP contribution >= 0.6 is 0 Å². The molecule has 0 aromatic heterocycles. The largest absolute Gasteiger partial charge is 0.480 e. The van der Waals surface area contributed by atoms with Crippen LogP contribution in [0.1, 0.15) is 26.2 Å². The summed E-state index contributed by atoms with van der Waals surface area (Å²) < 4.78 is 0. The molecular weight excluding hydrogens is 236 g/mol. The first-order valence-corrected chi connectivity index (χ1v) is 6.35. The molecule has 2 atom stereocenters. The first kappa shape index (κ1) is 12.9. The van der Waals surface area contributed by atoms with E-state index in [9.17, 15) is 14.4 Å². The van der Waals surface area contributed by atoms with Crippen molar-refractivity contribution < 1.29 is 19.5 Å². The van der Waals surface area contributed by atoms with Gasteiger partial charge >= 0.3 is 5.97 Å². The molecule has 0 aromatic rings. The summed E-state index contributed by atoms with van der Waals surface area (Å²) in [5, 5.41) is 9.05. The van der Waals surface area contributed by atoms with E-state index in [4.69, 9.17) is 5.11 Å². The Hall–Kier alpha value is -1.59. The van der Waals surface area contributed by atoms with Crippen LogP contribution in [0.3, 0.4) is 0 Å². The quantitative estimate of drug-likeness (QED) is 0.764. The molecule has 6 nitrogen and oxygen atoms in total. The fourth-order valence-electron chi connectivity index (χ4n) is 2.76. The van der Waals surface area contributed by atoms with Crippen molar-refractivity contribution in [2.75, 3.05) is 19.6 Å². The Labute approximate surface area is 106 Å². The van der Waals surface area contributed by atoms with E-state index < -0.39 is 12.0 Å². The maximum Gasteiger partial charge on any atom is 0.326 e. The van der Waals surface area contributed by atoms with E-state index in [2.05, 4.69) is 0 Å². The molecule has 0 spiro atoms. The average molecular weight is 254 g/mol. The average Bonchev–Trinajstić information content (AvgIpc) is 2.93. The van der Waals surface area contributed by atoms with E-state index >= 15 is 0 Å². The summed E-state index contributed by atoms with van der Waals surface area (Å²) >= 11 is 0. The zero-order valence-corrected chi connectivity index (χ0v) is 10.5. The highest BCUT2D eigenvalue weighted by atomic mass is 16.4. The van der Waals surface area contributed by atoms with Crippen molar-refractivity contribution in [1.82, 2.24) is 9.80 Å². The van der Waals surface area contributed by atoms with Crippen molar-refractivity contribution in [3.63, 3.8) is 0 Å². The van der Waals surface area contributed by atoms with Crippen LogP contribution in [0.4, 0.5) is 0 Å². The van der Waals surface area contributed by atoms with Gasteiger partial charge in [0.05, 0.1) is 5.92 Å². The molecule has 18 heavy (non-hydrogen) atoms. The van der Waals surface area contributed by atoms with Crippen molar-refractivity contribution in [3.8, 4) is 0 Å². The second-order valence-electron chi connectivity index (χ2n) is 4.86. The number of amides is 2. The monoisotopic (exact) mass is 254 g/mol. The number of carboxylic acid groups (broad SMARTS) is 1. The Balaban J connectivity index is 2.04. The van der Waals surface area contributed by atoms with E-state index in [1.807, 2.05) is 6.92 Å². The second kappa shape index (κ2) is 4.96. The Bertz CT molecular complexity index is 382. The van der Waals surface area contributed by atoms with Gasteiger partial charge in [-0.2, -0.15) is 0 Å². The molecule has 2 amide bonds. The van der Waals surface area contributed by atoms with E-state index in [0.29, 0.717) is 26.1 Å². The van der Waals surface area contributed by atoms with E-state index in [1.165, 1.54) is 4.90 Å². The minimum Gasteiger partial charge on any atom is -0.480 e. The van der Waals surface area contributed by atoms with Gasteiger partial charge in [0.2, 0.25) is 11.8 Å². The molecule has 0 aromatic carbocycles. The lowest BCUT2D eigenvalue weighted by atomic mass is 10.1. The number of hydrogen-bond donors (Lipinski definition) is 1. The maximum absolute atomic E-state index is 12.3. The third kappa shape index (κ3) is 2.19. The standard InChI is InChI=1S/C12H18N2O4/c1-2-13-7-8(6-10(13)15)11(16)14-5-3-4-9(14)12(17)18/h8-9H,2-7H2,1H3,(H,17,18)/t8?,9-/m1/s1. The van der Waals surface area contributed by atoms with Gasteiger partial charge in [0.15, 0.2) is 0 Å². The molecule has 2 rings (SSSR count). The molecule has 0 aliphatic carbocycles. The fraction of sp³-hybridized carbons (Fsp3) is 0.750. The molecule has 100 valence electrons. The molecule has 2 aliphatic heterocycles. The zero-order valence-electron chi connectivity index (χ0n) is 10.5. The number of hydrogen-bond acceptors (Lipinski definition) is 3. The summed E-state index contributed by atoms with van der Waals surface area (Å²) in [5.74, 6) is -1.50. The highest BCUT2D eigenvalue weighted by molar-refractivity contribution is 5.91. The normalized spacial score (nSPS) is 27.9. The van der Waals surface area contributed by atoms with Crippen LogP contribution in [-0.2, 0) is 14.4 Å². The summed E-state index contributed by atoms with van der Waals surface area (Å²) in [6, 6.07) is -0.705. The van der Waals surface area contributed by atoms with Crippen LogP contribution in [0.5, 0.6) is 0 Å². The maximum atomic E-state index is 12.3. The van der Waals surface area contributed by atoms with Crippen molar-refractivity contribution in [3.05, 3.63) is 0 Å². The second-order valence-corrected chi connectivity index (χ2v) is 4.86. The van der Waals surface area contributed by atoms with Gasteiger partial charge in [-0.1, -0.05) is 0 Å². The molecule has 6 heteroatoms. The lowest BCUT2D eigenvalue weighted by Crippen LogP contribution is -2.44. The minimum atomic E-state index is -0.947. The van der Waals surface area contributed by atoms with Crippen molar-refractivity contribution >= 4 is 17.8 Å². The molecular formula is C12H18N2O4. The Morgan fingerprint density at radius 1 is 1.44 bits per heavy atom. The predicted octanol–water partition coefficient (Wildman–Crippen LogP) is -0.0696. The smallest absolute Gasteiger partial charge is 0.326 e. The molecule has 1 N–H and O–H groups in total. The van der Waals surface area contributed by atoms with Gasteiger partial charge in [-0.3, -0.25) is 9.59 Å². The molecule has 2 aliphatic rings. The van der Waals surface area contributed by atoms with Crippen LogP contribution in [0.15, 0.2) is 0 Å². The summed E-state index contributed by atoms with van der Waals surface area (Å²) in [4.78, 5) is 38.0. The highest BCUT2D eigenvalue weighted by Crippen LogP contribution is 2.25. The predicted molar refractivity (Wildman–Crippen MR) is 62.7 cm³/mol. The molecule has 0 radical (unpaired) electrons. The lowest BCUT2D eigenvalue weighted by Gasteiger charge is -2.24. The molecule has 2 saturated heterocycles. The molecule has 2 heterocycles. The summed E-state index contributed by atoms with van der Waals surface area (Å²) in [6.07, 6.45) is 1.45. The highest BCUT2D eigenvalue weighted by Gasteiger charge is 2.41. The molecule has 0 bridgehead atoms. The Morgan fingerprint density at radius 3 is 2.72 bits per heavy atom. The SMILES string of the molecule is CCN1CC(C(=O)N2CCC[C@@H]2C(=O)O)CC1=O. The van der Waals surface area contributed by atoms with Gasteiger partial charge in [-0.25, -0.2) is 4.79 Å². The van der Waals surface area contributed by atoms with Gasteiger partial charge < -0.3 is 14.9 Å². The van der Waals surface area contributed by atoms with Crippen molar-refractivity contribution in [2.45, 2.75) is 32.2 Å². The van der Waals surface area contributed by atoms with Crippen LogP contribution in [0, 0.1) is 5.92 Å². The number of carbonyl (C=O) groups excluding carboxylic acids is 2. The number of aliphatic carboxylic acids is 1. The number of likely N-dealkylation sites (tertiary alicyclic amines) is 2. The van der Waals surface area contributed by atoms with E-state index in [-0.39, 0.29) is 24.2 Å². The summed E-state index contributed by atoms with van der Waals surface area (Å²) in [7, 11) is 0. The number of carboxylic acids is 1. The minimum absolute atomic E-state index is 0.0121. The lowest BCUT2D eigenvalue weighted by molar-refractivity contribution is -0.149. The number of rotatable bonds is 3. The van der Waals surface area contributed by atoms with E-state index in [0.717, 1.165) is 6.42 Å². The molecule has 0 saturated carbocycles. The van der Waals surface area contributed by atoms with Gasteiger partial charge in [-0.05, 0) is 19.8 Å². The van der Waals surface area contributed by atoms with Crippen LogP contribution in [0.25, 0.3) is 0 Å². The number of nitrogens with zero attached hydrogens (tertiary/aromatic N) is 2. The Kier molecular flexibility index (Phi) is 3.54. The van der Waals surface area contributed by atoms with Gasteiger partial charge in [-0.15, -0.1) is 0 Å². The van der Waals surface area contributed by atoms with Crippen molar-refractivity contribution in [2.24, 2.45) is 5.92 Å².